The van der Waals surface area contributed by atoms with Crippen molar-refractivity contribution in [3.63, 3.8) is 0 Å². The lowest BCUT2D eigenvalue weighted by atomic mass is 10.2. The Labute approximate surface area is 78.7 Å². The summed E-state index contributed by atoms with van der Waals surface area (Å²) in [6, 6.07) is 0. The molecule has 0 aromatic heterocycles. The zero-order valence-electron chi connectivity index (χ0n) is 8.42. The SMILES string of the molecule is CCOC(=O)/C(C)=C1\CC[C@@H](C)O1. The number of hydrogen-bond acceptors (Lipinski definition) is 3. The Hall–Kier alpha value is -0.990. The minimum absolute atomic E-state index is 0.236. The van der Waals surface area contributed by atoms with Crippen molar-refractivity contribution in [2.24, 2.45) is 0 Å². The molecular formula is C10H16O3. The molecule has 0 spiro atoms. The summed E-state index contributed by atoms with van der Waals surface area (Å²) in [6.45, 7) is 5.98. The van der Waals surface area contributed by atoms with Crippen LogP contribution in [-0.4, -0.2) is 18.7 Å². The molecule has 1 atom stereocenters. The minimum atomic E-state index is -0.258. The fourth-order valence-corrected chi connectivity index (χ4v) is 1.32. The molecule has 13 heavy (non-hydrogen) atoms. The number of ether oxygens (including phenoxy) is 2. The lowest BCUT2D eigenvalue weighted by Crippen LogP contribution is -2.08. The number of carbonyl (C=O) groups excluding carboxylic acids is 1. The monoisotopic (exact) mass is 184 g/mol. The van der Waals surface area contributed by atoms with Crippen molar-refractivity contribution in [1.82, 2.24) is 0 Å². The van der Waals surface area contributed by atoms with Gasteiger partial charge in [-0.15, -0.1) is 0 Å². The molecule has 1 saturated heterocycles. The molecular weight excluding hydrogens is 168 g/mol. The van der Waals surface area contributed by atoms with Gasteiger partial charge in [0, 0.05) is 6.42 Å². The van der Waals surface area contributed by atoms with E-state index in [0.717, 1.165) is 18.6 Å². The summed E-state index contributed by atoms with van der Waals surface area (Å²) in [5, 5.41) is 0. The summed E-state index contributed by atoms with van der Waals surface area (Å²) in [4.78, 5) is 11.3. The summed E-state index contributed by atoms with van der Waals surface area (Å²) < 4.78 is 10.3. The first-order valence-corrected chi connectivity index (χ1v) is 4.68. The maximum Gasteiger partial charge on any atom is 0.337 e. The van der Waals surface area contributed by atoms with Crippen LogP contribution in [-0.2, 0) is 14.3 Å². The Bertz CT molecular complexity index is 230. The largest absolute Gasteiger partial charge is 0.495 e. The van der Waals surface area contributed by atoms with Crippen molar-refractivity contribution in [1.29, 1.82) is 0 Å². The van der Waals surface area contributed by atoms with Gasteiger partial charge in [0.2, 0.25) is 0 Å². The second kappa shape index (κ2) is 4.30. The first-order chi connectivity index (χ1) is 6.15. The van der Waals surface area contributed by atoms with E-state index in [2.05, 4.69) is 0 Å². The van der Waals surface area contributed by atoms with Crippen LogP contribution in [0.5, 0.6) is 0 Å². The third-order valence-corrected chi connectivity index (χ3v) is 2.12. The second-order valence-corrected chi connectivity index (χ2v) is 3.24. The lowest BCUT2D eigenvalue weighted by Gasteiger charge is -2.07. The zero-order valence-corrected chi connectivity index (χ0v) is 8.42. The van der Waals surface area contributed by atoms with Crippen LogP contribution in [0.25, 0.3) is 0 Å². The van der Waals surface area contributed by atoms with Gasteiger partial charge >= 0.3 is 5.97 Å². The van der Waals surface area contributed by atoms with Crippen LogP contribution in [0.3, 0.4) is 0 Å². The molecule has 0 saturated carbocycles. The highest BCUT2D eigenvalue weighted by atomic mass is 16.5. The molecule has 74 valence electrons. The van der Waals surface area contributed by atoms with E-state index in [0.29, 0.717) is 12.2 Å². The fourth-order valence-electron chi connectivity index (χ4n) is 1.32. The molecule has 1 aliphatic rings. The molecule has 0 amide bonds. The molecule has 1 fully saturated rings. The lowest BCUT2D eigenvalue weighted by molar-refractivity contribution is -0.138. The van der Waals surface area contributed by atoms with Gasteiger partial charge in [-0.2, -0.15) is 0 Å². The third kappa shape index (κ3) is 2.47. The predicted octanol–water partition coefficient (Wildman–Crippen LogP) is 2.02. The Balaban J connectivity index is 2.63. The molecule has 1 aliphatic heterocycles. The van der Waals surface area contributed by atoms with Gasteiger partial charge in [0.1, 0.15) is 5.76 Å². The van der Waals surface area contributed by atoms with E-state index < -0.39 is 0 Å². The quantitative estimate of drug-likeness (QED) is 0.486. The first kappa shape index (κ1) is 10.1. The molecule has 0 aromatic carbocycles. The molecule has 1 rings (SSSR count). The van der Waals surface area contributed by atoms with E-state index in [9.17, 15) is 4.79 Å². The van der Waals surface area contributed by atoms with Crippen molar-refractivity contribution >= 4 is 5.97 Å². The van der Waals surface area contributed by atoms with Gasteiger partial charge in [-0.1, -0.05) is 0 Å². The van der Waals surface area contributed by atoms with Crippen LogP contribution in [0.4, 0.5) is 0 Å². The zero-order chi connectivity index (χ0) is 9.84. The van der Waals surface area contributed by atoms with Crippen LogP contribution in [0.1, 0.15) is 33.6 Å². The number of rotatable bonds is 2. The van der Waals surface area contributed by atoms with Crippen LogP contribution >= 0.6 is 0 Å². The minimum Gasteiger partial charge on any atom is -0.495 e. The van der Waals surface area contributed by atoms with E-state index in [4.69, 9.17) is 9.47 Å². The van der Waals surface area contributed by atoms with Gasteiger partial charge in [0.25, 0.3) is 0 Å². The standard InChI is InChI=1S/C10H16O3/c1-4-12-10(11)8(3)9-6-5-7(2)13-9/h7H,4-6H2,1-3H3/b9-8+/t7-/m1/s1. The first-order valence-electron chi connectivity index (χ1n) is 4.68. The van der Waals surface area contributed by atoms with Crippen LogP contribution in [0.2, 0.25) is 0 Å². The molecule has 0 bridgehead atoms. The molecule has 0 aliphatic carbocycles. The number of esters is 1. The summed E-state index contributed by atoms with van der Waals surface area (Å²) in [6.07, 6.45) is 2.08. The predicted molar refractivity (Wildman–Crippen MR) is 49.1 cm³/mol. The highest BCUT2D eigenvalue weighted by molar-refractivity contribution is 5.88. The normalized spacial score (nSPS) is 25.3. The van der Waals surface area contributed by atoms with E-state index >= 15 is 0 Å². The summed E-state index contributed by atoms with van der Waals surface area (Å²) >= 11 is 0. The van der Waals surface area contributed by atoms with Crippen molar-refractivity contribution in [2.45, 2.75) is 39.7 Å². The van der Waals surface area contributed by atoms with Crippen molar-refractivity contribution in [2.75, 3.05) is 6.61 Å². The Morgan fingerprint density at radius 3 is 2.85 bits per heavy atom. The molecule has 3 heteroatoms. The average molecular weight is 184 g/mol. The highest BCUT2D eigenvalue weighted by Gasteiger charge is 2.21. The summed E-state index contributed by atoms with van der Waals surface area (Å²) in [5.41, 5.74) is 0.617. The van der Waals surface area contributed by atoms with Gasteiger partial charge in [-0.25, -0.2) is 4.79 Å². The Morgan fingerprint density at radius 2 is 2.38 bits per heavy atom. The molecule has 0 radical (unpaired) electrons. The van der Waals surface area contributed by atoms with Gasteiger partial charge in [0.15, 0.2) is 0 Å². The van der Waals surface area contributed by atoms with E-state index in [-0.39, 0.29) is 12.1 Å². The smallest absolute Gasteiger partial charge is 0.337 e. The molecule has 3 nitrogen and oxygen atoms in total. The number of allylic oxidation sites excluding steroid dienone is 1. The van der Waals surface area contributed by atoms with E-state index in [1.54, 1.807) is 13.8 Å². The van der Waals surface area contributed by atoms with Crippen molar-refractivity contribution < 1.29 is 14.3 Å². The highest BCUT2D eigenvalue weighted by Crippen LogP contribution is 2.25. The number of carbonyl (C=O) groups is 1. The van der Waals surface area contributed by atoms with Gasteiger partial charge in [0.05, 0.1) is 18.3 Å². The maximum absolute atomic E-state index is 11.3. The van der Waals surface area contributed by atoms with Crippen LogP contribution in [0, 0.1) is 0 Å². The van der Waals surface area contributed by atoms with Gasteiger partial charge in [-0.3, -0.25) is 0 Å². The van der Waals surface area contributed by atoms with E-state index in [1.165, 1.54) is 0 Å². The average Bonchev–Trinajstić information content (AvgIpc) is 2.51. The van der Waals surface area contributed by atoms with Gasteiger partial charge in [-0.05, 0) is 27.2 Å². The molecule has 1 heterocycles. The van der Waals surface area contributed by atoms with Gasteiger partial charge < -0.3 is 9.47 Å². The van der Waals surface area contributed by atoms with Crippen molar-refractivity contribution in [3.8, 4) is 0 Å². The topological polar surface area (TPSA) is 35.5 Å². The Morgan fingerprint density at radius 1 is 1.69 bits per heavy atom. The summed E-state index contributed by atoms with van der Waals surface area (Å²) in [5.74, 6) is 0.539. The fraction of sp³-hybridized carbons (Fsp3) is 0.700. The molecule has 0 unspecified atom stereocenters. The second-order valence-electron chi connectivity index (χ2n) is 3.24. The van der Waals surface area contributed by atoms with Crippen LogP contribution in [0.15, 0.2) is 11.3 Å². The van der Waals surface area contributed by atoms with Crippen molar-refractivity contribution in [3.05, 3.63) is 11.3 Å². The van der Waals surface area contributed by atoms with Crippen LogP contribution < -0.4 is 0 Å². The summed E-state index contributed by atoms with van der Waals surface area (Å²) in [7, 11) is 0. The maximum atomic E-state index is 11.3. The van der Waals surface area contributed by atoms with E-state index in [1.807, 2.05) is 6.92 Å². The molecule has 0 N–H and O–H groups in total. The molecule has 0 aromatic rings. The number of hydrogen-bond donors (Lipinski definition) is 0. The third-order valence-electron chi connectivity index (χ3n) is 2.12. The Kier molecular flexibility index (Phi) is 3.34.